The molecule has 1 N–H and O–H groups in total. The van der Waals surface area contributed by atoms with E-state index >= 15 is 0 Å². The Bertz CT molecular complexity index is 529. The minimum absolute atomic E-state index is 0.107. The van der Waals surface area contributed by atoms with Crippen molar-refractivity contribution < 1.29 is 9.52 Å². The molecule has 17 heavy (non-hydrogen) atoms. The van der Waals surface area contributed by atoms with E-state index in [1.54, 1.807) is 13.0 Å². The Kier molecular flexibility index (Phi) is 3.61. The smallest absolute Gasteiger partial charge is 0.219 e. The third kappa shape index (κ3) is 2.96. The zero-order chi connectivity index (χ0) is 12.3. The van der Waals surface area contributed by atoms with Gasteiger partial charge in [-0.25, -0.2) is 4.98 Å². The molecule has 0 aliphatic heterocycles. The quantitative estimate of drug-likeness (QED) is 0.908. The molecule has 0 fully saturated rings. The summed E-state index contributed by atoms with van der Waals surface area (Å²) in [7, 11) is 0. The molecule has 3 nitrogen and oxygen atoms in total. The van der Waals surface area contributed by atoms with Gasteiger partial charge in [-0.15, -0.1) is 0 Å². The maximum atomic E-state index is 8.99. The highest BCUT2D eigenvalue weighted by Gasteiger charge is 2.05. The summed E-state index contributed by atoms with van der Waals surface area (Å²) in [4.78, 5) is 4.13. The van der Waals surface area contributed by atoms with Crippen molar-refractivity contribution in [2.75, 3.05) is 0 Å². The van der Waals surface area contributed by atoms with Gasteiger partial charge < -0.3 is 9.52 Å². The average molecular weight is 250 g/mol. The van der Waals surface area contributed by atoms with Crippen LogP contribution in [0.15, 0.2) is 28.7 Å². The number of aromatic nitrogens is 1. The first-order chi connectivity index (χ1) is 8.19. The molecule has 1 aromatic carbocycles. The number of hydrogen-bond donors (Lipinski definition) is 1. The average Bonchev–Trinajstić information content (AvgIpc) is 2.69. The van der Waals surface area contributed by atoms with Crippen molar-refractivity contribution in [2.45, 2.75) is 13.5 Å². The molecular formula is C13H12ClNO2. The first kappa shape index (κ1) is 11.9. The van der Waals surface area contributed by atoms with Gasteiger partial charge >= 0.3 is 0 Å². The summed E-state index contributed by atoms with van der Waals surface area (Å²) < 4.78 is 5.37. The van der Waals surface area contributed by atoms with Gasteiger partial charge in [-0.05, 0) is 30.7 Å². The van der Waals surface area contributed by atoms with Crippen molar-refractivity contribution in [1.82, 2.24) is 4.98 Å². The van der Waals surface area contributed by atoms with Crippen molar-refractivity contribution in [3.63, 3.8) is 0 Å². The number of nitrogens with zero attached hydrogens (tertiary/aromatic N) is 1. The number of hydrogen-bond acceptors (Lipinski definition) is 3. The lowest BCUT2D eigenvalue weighted by Crippen LogP contribution is -1.84. The van der Waals surface area contributed by atoms with Gasteiger partial charge in [0.25, 0.3) is 0 Å². The van der Waals surface area contributed by atoms with Gasteiger partial charge in [-0.2, -0.15) is 0 Å². The molecule has 0 bridgehead atoms. The molecule has 4 heteroatoms. The summed E-state index contributed by atoms with van der Waals surface area (Å²) >= 11 is 5.79. The summed E-state index contributed by atoms with van der Waals surface area (Å²) in [6.07, 6.45) is 3.64. The van der Waals surface area contributed by atoms with E-state index in [0.717, 1.165) is 5.56 Å². The fourth-order valence-corrected chi connectivity index (χ4v) is 1.54. The van der Waals surface area contributed by atoms with Crippen LogP contribution < -0.4 is 0 Å². The molecule has 0 saturated carbocycles. The molecule has 0 unspecified atom stereocenters. The summed E-state index contributed by atoms with van der Waals surface area (Å²) in [5.74, 6) is 1.13. The van der Waals surface area contributed by atoms with Gasteiger partial charge in [0, 0.05) is 11.1 Å². The standard InChI is InChI=1S/C13H12ClNO2/c1-9-12(8-16)15-13(17-9)7-4-10-2-5-11(14)6-3-10/h2-7,16H,8H2,1H3/b7-4+. The van der Waals surface area contributed by atoms with E-state index in [-0.39, 0.29) is 6.61 Å². The Labute approximate surface area is 104 Å². The van der Waals surface area contributed by atoms with Crippen LogP contribution in [-0.4, -0.2) is 10.1 Å². The van der Waals surface area contributed by atoms with Crippen LogP contribution in [0.4, 0.5) is 0 Å². The number of halogens is 1. The summed E-state index contributed by atoms with van der Waals surface area (Å²) in [6.45, 7) is 1.67. The van der Waals surface area contributed by atoms with Crippen LogP contribution in [-0.2, 0) is 6.61 Å². The van der Waals surface area contributed by atoms with Gasteiger partial charge in [0.2, 0.25) is 5.89 Å². The molecule has 0 aliphatic rings. The lowest BCUT2D eigenvalue weighted by Gasteiger charge is -1.92. The van der Waals surface area contributed by atoms with E-state index in [9.17, 15) is 0 Å². The first-order valence-corrected chi connectivity index (χ1v) is 5.57. The Morgan fingerprint density at radius 1 is 1.29 bits per heavy atom. The topological polar surface area (TPSA) is 46.3 Å². The molecule has 0 radical (unpaired) electrons. The zero-order valence-corrected chi connectivity index (χ0v) is 10.1. The van der Waals surface area contributed by atoms with Crippen LogP contribution in [0, 0.1) is 6.92 Å². The minimum atomic E-state index is -0.107. The number of aliphatic hydroxyl groups excluding tert-OH is 1. The lowest BCUT2D eigenvalue weighted by molar-refractivity contribution is 0.275. The van der Waals surface area contributed by atoms with Crippen LogP contribution in [0.25, 0.3) is 12.2 Å². The van der Waals surface area contributed by atoms with E-state index in [2.05, 4.69) is 4.98 Å². The summed E-state index contributed by atoms with van der Waals surface area (Å²) in [6, 6.07) is 7.45. The third-order valence-corrected chi connectivity index (χ3v) is 2.60. The van der Waals surface area contributed by atoms with E-state index in [0.29, 0.717) is 22.4 Å². The normalized spacial score (nSPS) is 11.2. The highest BCUT2D eigenvalue weighted by Crippen LogP contribution is 2.14. The van der Waals surface area contributed by atoms with Crippen LogP contribution >= 0.6 is 11.6 Å². The van der Waals surface area contributed by atoms with Crippen molar-refractivity contribution in [2.24, 2.45) is 0 Å². The number of benzene rings is 1. The Morgan fingerprint density at radius 3 is 2.59 bits per heavy atom. The molecule has 1 aromatic heterocycles. The second kappa shape index (κ2) is 5.17. The second-order valence-corrected chi connectivity index (χ2v) is 4.03. The Balaban J connectivity index is 2.17. The predicted molar refractivity (Wildman–Crippen MR) is 67.5 cm³/mol. The van der Waals surface area contributed by atoms with Crippen LogP contribution in [0.1, 0.15) is 22.9 Å². The van der Waals surface area contributed by atoms with Crippen molar-refractivity contribution in [3.05, 3.63) is 52.2 Å². The van der Waals surface area contributed by atoms with E-state index < -0.39 is 0 Å². The monoisotopic (exact) mass is 249 g/mol. The molecule has 0 amide bonds. The number of aliphatic hydroxyl groups is 1. The highest BCUT2D eigenvalue weighted by atomic mass is 35.5. The molecule has 88 valence electrons. The fraction of sp³-hybridized carbons (Fsp3) is 0.154. The molecule has 2 aromatic rings. The predicted octanol–water partition coefficient (Wildman–Crippen LogP) is 3.30. The van der Waals surface area contributed by atoms with Gasteiger partial charge in [0.05, 0.1) is 6.61 Å². The van der Waals surface area contributed by atoms with Gasteiger partial charge in [0.15, 0.2) is 0 Å². The van der Waals surface area contributed by atoms with Crippen molar-refractivity contribution in [1.29, 1.82) is 0 Å². The minimum Gasteiger partial charge on any atom is -0.442 e. The summed E-state index contributed by atoms with van der Waals surface area (Å²) in [5, 5.41) is 9.69. The highest BCUT2D eigenvalue weighted by molar-refractivity contribution is 6.30. The Hall–Kier alpha value is -1.58. The molecule has 1 heterocycles. The Morgan fingerprint density at radius 2 is 2.00 bits per heavy atom. The van der Waals surface area contributed by atoms with E-state index in [1.165, 1.54) is 0 Å². The molecule has 0 saturated heterocycles. The number of rotatable bonds is 3. The van der Waals surface area contributed by atoms with E-state index in [1.807, 2.05) is 30.3 Å². The van der Waals surface area contributed by atoms with Gasteiger partial charge in [-0.3, -0.25) is 0 Å². The second-order valence-electron chi connectivity index (χ2n) is 3.60. The fourth-order valence-electron chi connectivity index (χ4n) is 1.41. The van der Waals surface area contributed by atoms with Gasteiger partial charge in [0.1, 0.15) is 11.5 Å². The van der Waals surface area contributed by atoms with Crippen molar-refractivity contribution in [3.8, 4) is 0 Å². The SMILES string of the molecule is Cc1oc(/C=C/c2ccc(Cl)cc2)nc1CO. The number of oxazole rings is 1. The number of aryl methyl sites for hydroxylation is 1. The largest absolute Gasteiger partial charge is 0.442 e. The van der Waals surface area contributed by atoms with Crippen LogP contribution in [0.3, 0.4) is 0 Å². The van der Waals surface area contributed by atoms with Crippen LogP contribution in [0.5, 0.6) is 0 Å². The molecule has 0 aliphatic carbocycles. The molecule has 0 atom stereocenters. The maximum Gasteiger partial charge on any atom is 0.219 e. The van der Waals surface area contributed by atoms with Gasteiger partial charge in [-0.1, -0.05) is 23.7 Å². The van der Waals surface area contributed by atoms with Crippen LogP contribution in [0.2, 0.25) is 5.02 Å². The maximum absolute atomic E-state index is 8.99. The van der Waals surface area contributed by atoms with E-state index in [4.69, 9.17) is 21.1 Å². The van der Waals surface area contributed by atoms with Crippen molar-refractivity contribution >= 4 is 23.8 Å². The summed E-state index contributed by atoms with van der Waals surface area (Å²) in [5.41, 5.74) is 1.58. The molecule has 2 rings (SSSR count). The molecule has 0 spiro atoms. The third-order valence-electron chi connectivity index (χ3n) is 2.35. The zero-order valence-electron chi connectivity index (χ0n) is 9.35. The first-order valence-electron chi connectivity index (χ1n) is 5.20. The molecular weight excluding hydrogens is 238 g/mol. The lowest BCUT2D eigenvalue weighted by atomic mass is 10.2.